The summed E-state index contributed by atoms with van der Waals surface area (Å²) in [6, 6.07) is 19.1. The van der Waals surface area contributed by atoms with Crippen LogP contribution in [0.25, 0.3) is 0 Å². The summed E-state index contributed by atoms with van der Waals surface area (Å²) in [6.45, 7) is -1.14. The third kappa shape index (κ3) is 5.94. The molecule has 1 aliphatic rings. The predicted octanol–water partition coefficient (Wildman–Crippen LogP) is 6.51. The van der Waals surface area contributed by atoms with Gasteiger partial charge in [0.2, 0.25) is 0 Å². The highest BCUT2D eigenvalue weighted by Gasteiger charge is 2.36. The van der Waals surface area contributed by atoms with Crippen LogP contribution in [-0.4, -0.2) is 18.9 Å². The van der Waals surface area contributed by atoms with E-state index in [0.717, 1.165) is 11.6 Å². The van der Waals surface area contributed by atoms with Gasteiger partial charge in [-0.15, -0.1) is 13.2 Å². The molecular weight excluding hydrogens is 483 g/mol. The van der Waals surface area contributed by atoms with E-state index in [9.17, 15) is 26.7 Å². The highest BCUT2D eigenvalue weighted by molar-refractivity contribution is 6.09. The van der Waals surface area contributed by atoms with E-state index >= 15 is 0 Å². The fraction of sp³-hybridized carbons (Fsp3) is 0.192. The zero-order chi connectivity index (χ0) is 25.9. The van der Waals surface area contributed by atoms with Crippen LogP contribution in [0.4, 0.5) is 27.6 Å². The molecule has 188 valence electrons. The number of hydrogen-bond donors (Lipinski definition) is 1. The van der Waals surface area contributed by atoms with Gasteiger partial charge in [-0.3, -0.25) is 9.69 Å². The van der Waals surface area contributed by atoms with Gasteiger partial charge in [-0.2, -0.15) is 8.78 Å². The Morgan fingerprint density at radius 2 is 1.61 bits per heavy atom. The van der Waals surface area contributed by atoms with Crippen LogP contribution in [0.15, 0.2) is 90.6 Å². The molecule has 1 amide bonds. The van der Waals surface area contributed by atoms with Gasteiger partial charge in [0.05, 0.1) is 11.7 Å². The summed E-state index contributed by atoms with van der Waals surface area (Å²) in [5, 5.41) is 3.17. The van der Waals surface area contributed by atoms with Crippen molar-refractivity contribution in [1.29, 1.82) is 0 Å². The predicted molar refractivity (Wildman–Crippen MR) is 123 cm³/mol. The number of hydrogen-bond acceptors (Lipinski definition) is 4. The maximum atomic E-state index is 13.5. The second-order valence-electron chi connectivity index (χ2n) is 7.97. The van der Waals surface area contributed by atoms with Crippen molar-refractivity contribution in [2.75, 3.05) is 4.90 Å². The average molecular weight is 504 g/mol. The van der Waals surface area contributed by atoms with Gasteiger partial charge in [-0.05, 0) is 60.5 Å². The van der Waals surface area contributed by atoms with Crippen LogP contribution < -0.4 is 19.7 Å². The molecule has 4 rings (SSSR count). The number of carbonyl (C=O) groups is 1. The number of amides is 1. The first kappa shape index (κ1) is 25.0. The molecule has 0 saturated heterocycles. The number of nitrogens with zero attached hydrogens (tertiary/aromatic N) is 1. The molecule has 0 radical (unpaired) electrons. The van der Waals surface area contributed by atoms with Crippen LogP contribution in [0.2, 0.25) is 0 Å². The maximum Gasteiger partial charge on any atom is 0.573 e. The van der Waals surface area contributed by atoms with Crippen LogP contribution in [0.5, 0.6) is 11.5 Å². The minimum absolute atomic E-state index is 0.0958. The molecule has 1 N–H and O–H groups in total. The molecule has 0 bridgehead atoms. The van der Waals surface area contributed by atoms with Gasteiger partial charge < -0.3 is 14.8 Å². The van der Waals surface area contributed by atoms with Crippen molar-refractivity contribution < 1.29 is 36.2 Å². The lowest BCUT2D eigenvalue weighted by Gasteiger charge is -2.26. The topological polar surface area (TPSA) is 50.8 Å². The molecule has 10 heteroatoms. The Morgan fingerprint density at radius 3 is 2.25 bits per heavy atom. The van der Waals surface area contributed by atoms with Crippen molar-refractivity contribution in [3.8, 4) is 11.5 Å². The Hall–Kier alpha value is -4.08. The largest absolute Gasteiger partial charge is 0.573 e. The van der Waals surface area contributed by atoms with Crippen molar-refractivity contribution in [2.24, 2.45) is 0 Å². The molecule has 2 atom stereocenters. The summed E-state index contributed by atoms with van der Waals surface area (Å²) in [4.78, 5) is 14.8. The normalized spacial score (nSPS) is 16.6. The van der Waals surface area contributed by atoms with Gasteiger partial charge in [-0.25, -0.2) is 0 Å². The van der Waals surface area contributed by atoms with Crippen molar-refractivity contribution in [2.45, 2.75) is 32.0 Å². The lowest BCUT2D eigenvalue weighted by Crippen LogP contribution is -2.33. The molecule has 3 aromatic rings. The number of nitrogens with one attached hydrogen (secondary N) is 1. The van der Waals surface area contributed by atoms with E-state index in [2.05, 4.69) is 14.8 Å². The van der Waals surface area contributed by atoms with Gasteiger partial charge in [0.25, 0.3) is 5.91 Å². The molecule has 0 aliphatic carbocycles. The minimum Gasteiger partial charge on any atom is -0.435 e. The molecule has 1 heterocycles. The summed E-state index contributed by atoms with van der Waals surface area (Å²) in [5.74, 6) is -0.963. The van der Waals surface area contributed by atoms with E-state index < -0.39 is 30.7 Å². The number of anilines is 1. The molecule has 1 aliphatic heterocycles. The molecule has 0 aromatic heterocycles. The van der Waals surface area contributed by atoms with Gasteiger partial charge in [0.15, 0.2) is 0 Å². The number of halogens is 5. The first-order valence-corrected chi connectivity index (χ1v) is 10.9. The molecular formula is C26H21F5N2O3. The quantitative estimate of drug-likeness (QED) is 0.356. The van der Waals surface area contributed by atoms with E-state index in [0.29, 0.717) is 11.3 Å². The lowest BCUT2D eigenvalue weighted by atomic mass is 10.1. The first-order valence-electron chi connectivity index (χ1n) is 10.9. The molecule has 0 spiro atoms. The fourth-order valence-corrected chi connectivity index (χ4v) is 3.93. The van der Waals surface area contributed by atoms with E-state index in [1.54, 1.807) is 12.1 Å². The van der Waals surface area contributed by atoms with Crippen molar-refractivity contribution in [3.63, 3.8) is 0 Å². The summed E-state index contributed by atoms with van der Waals surface area (Å²) in [5.41, 5.74) is 1.87. The van der Waals surface area contributed by atoms with Crippen molar-refractivity contribution in [3.05, 3.63) is 102 Å². The zero-order valence-electron chi connectivity index (χ0n) is 18.9. The molecule has 3 aromatic carbocycles. The smallest absolute Gasteiger partial charge is 0.435 e. The summed E-state index contributed by atoms with van der Waals surface area (Å²) in [7, 11) is 0. The van der Waals surface area contributed by atoms with Crippen LogP contribution in [0, 0.1) is 0 Å². The SMILES string of the molecule is C[C@@H](NC1=C[C@H](c2cccc(OC(F)(F)F)c2)N(c2ccc(OC(F)F)cc2)C1=O)c1ccccc1. The summed E-state index contributed by atoms with van der Waals surface area (Å²) < 4.78 is 71.8. The number of benzene rings is 3. The Kier molecular flexibility index (Phi) is 7.14. The Morgan fingerprint density at radius 1 is 0.917 bits per heavy atom. The highest BCUT2D eigenvalue weighted by Crippen LogP contribution is 2.38. The van der Waals surface area contributed by atoms with E-state index in [4.69, 9.17) is 0 Å². The van der Waals surface area contributed by atoms with Crippen LogP contribution in [0.3, 0.4) is 0 Å². The van der Waals surface area contributed by atoms with Crippen molar-refractivity contribution in [1.82, 2.24) is 5.32 Å². The number of ether oxygens (including phenoxy) is 2. The monoisotopic (exact) mass is 504 g/mol. The fourth-order valence-electron chi connectivity index (χ4n) is 3.93. The van der Waals surface area contributed by atoms with Crippen LogP contribution >= 0.6 is 0 Å². The standard InChI is InChI=1S/C26H21F5N2O3/c1-16(17-6-3-2-4-7-17)32-22-15-23(18-8-5-9-21(14-18)36-26(29,30)31)33(24(22)34)19-10-12-20(13-11-19)35-25(27)28/h2-16,23,25,32H,1H3/t16-,23-/m1/s1. The lowest BCUT2D eigenvalue weighted by molar-refractivity contribution is -0.274. The molecule has 0 saturated carbocycles. The molecule has 5 nitrogen and oxygen atoms in total. The van der Waals surface area contributed by atoms with Gasteiger partial charge >= 0.3 is 13.0 Å². The van der Waals surface area contributed by atoms with Crippen LogP contribution in [0.1, 0.15) is 30.1 Å². The van der Waals surface area contributed by atoms with Gasteiger partial charge in [-0.1, -0.05) is 42.5 Å². The van der Waals surface area contributed by atoms with E-state index in [1.807, 2.05) is 37.3 Å². The summed E-state index contributed by atoms with van der Waals surface area (Å²) in [6.07, 6.45) is -3.27. The molecule has 0 unspecified atom stereocenters. The Balaban J connectivity index is 1.68. The summed E-state index contributed by atoms with van der Waals surface area (Å²) >= 11 is 0. The first-order chi connectivity index (χ1) is 17.1. The Labute approximate surface area is 203 Å². The maximum absolute atomic E-state index is 13.5. The van der Waals surface area contributed by atoms with Gasteiger partial charge in [0, 0.05) is 11.7 Å². The molecule has 36 heavy (non-hydrogen) atoms. The third-order valence-corrected chi connectivity index (χ3v) is 5.50. The Bertz CT molecular complexity index is 1230. The minimum atomic E-state index is -4.88. The average Bonchev–Trinajstić information content (AvgIpc) is 3.15. The van der Waals surface area contributed by atoms with Crippen LogP contribution in [-0.2, 0) is 4.79 Å². The molecule has 0 fully saturated rings. The number of alkyl halides is 5. The van der Waals surface area contributed by atoms with E-state index in [1.165, 1.54) is 41.3 Å². The number of rotatable bonds is 8. The second-order valence-corrected chi connectivity index (χ2v) is 7.97. The number of carbonyl (C=O) groups excluding carboxylic acids is 1. The zero-order valence-corrected chi connectivity index (χ0v) is 18.9. The second kappa shape index (κ2) is 10.3. The third-order valence-electron chi connectivity index (χ3n) is 5.50. The van der Waals surface area contributed by atoms with E-state index in [-0.39, 0.29) is 17.5 Å². The van der Waals surface area contributed by atoms with Gasteiger partial charge in [0.1, 0.15) is 11.5 Å². The van der Waals surface area contributed by atoms with Crippen molar-refractivity contribution >= 4 is 11.6 Å². The highest BCUT2D eigenvalue weighted by atomic mass is 19.4.